The van der Waals surface area contributed by atoms with Gasteiger partial charge in [0.05, 0.1) is 16.3 Å². The van der Waals surface area contributed by atoms with E-state index < -0.39 is 0 Å². The number of thioether (sulfide) groups is 1. The summed E-state index contributed by atoms with van der Waals surface area (Å²) in [4.78, 5) is 31.4. The third-order valence-electron chi connectivity index (χ3n) is 7.64. The molecule has 2 aromatic rings. The summed E-state index contributed by atoms with van der Waals surface area (Å²) in [6.45, 7) is 4.55. The number of aryl methyl sites for hydroxylation is 1. The lowest BCUT2D eigenvalue weighted by molar-refractivity contribution is -0.126. The number of nitrogens with zero attached hydrogens (tertiary/aromatic N) is 2. The summed E-state index contributed by atoms with van der Waals surface area (Å²) >= 11 is 1.57. The number of urea groups is 1. The molecular formula is C27H31N5O3S. The summed E-state index contributed by atoms with van der Waals surface area (Å²) in [5, 5.41) is 10.1. The Morgan fingerprint density at radius 1 is 1.11 bits per heavy atom. The van der Waals surface area contributed by atoms with E-state index in [0.717, 1.165) is 60.9 Å². The van der Waals surface area contributed by atoms with Gasteiger partial charge in [-0.25, -0.2) is 4.79 Å². The largest absolute Gasteiger partial charge is 0.457 e. The van der Waals surface area contributed by atoms with Crippen LogP contribution in [0.3, 0.4) is 0 Å². The van der Waals surface area contributed by atoms with Crippen molar-refractivity contribution >= 4 is 29.4 Å². The summed E-state index contributed by atoms with van der Waals surface area (Å²) in [7, 11) is 1.88. The maximum atomic E-state index is 13.5. The van der Waals surface area contributed by atoms with E-state index in [2.05, 4.69) is 16.0 Å². The van der Waals surface area contributed by atoms with Crippen LogP contribution in [-0.4, -0.2) is 61.0 Å². The number of ether oxygens (including phenoxy) is 1. The fraction of sp³-hybridized carbons (Fsp3) is 0.407. The van der Waals surface area contributed by atoms with Crippen LogP contribution in [0.25, 0.3) is 0 Å². The highest BCUT2D eigenvalue weighted by Gasteiger charge is 2.52. The lowest BCUT2D eigenvalue weighted by atomic mass is 9.86. The van der Waals surface area contributed by atoms with Crippen LogP contribution in [0.2, 0.25) is 0 Å². The molecule has 0 aromatic heterocycles. The zero-order valence-electron chi connectivity index (χ0n) is 20.5. The molecule has 0 spiro atoms. The third-order valence-corrected chi connectivity index (χ3v) is 8.99. The van der Waals surface area contributed by atoms with E-state index in [9.17, 15) is 9.59 Å². The standard InChI is InChI=1S/C27H31N5O3S/c1-16-14-19(35-18-6-4-3-5-7-18)8-9-20(16)32-21-11-13-29-25-22(21)23(30-27(32)34)24(36-25)26(33)31(2)17-10-12-28-15-17/h3-9,14,17,21-22,25,28-29H,10-13,15H2,1-2H3,(H,30,34)/t17-,21?,22?,25?/m1/s1. The number of likely N-dealkylation sites (N-methyl/N-ethyl adjacent to an activating group) is 1. The number of piperidine rings is 1. The number of carbonyl (C=O) groups is 2. The maximum absolute atomic E-state index is 13.5. The van der Waals surface area contributed by atoms with Gasteiger partial charge in [0.1, 0.15) is 11.5 Å². The quantitative estimate of drug-likeness (QED) is 0.578. The van der Waals surface area contributed by atoms with E-state index in [0.29, 0.717) is 4.91 Å². The fourth-order valence-corrected chi connectivity index (χ4v) is 7.25. The first-order chi connectivity index (χ1) is 17.5. The van der Waals surface area contributed by atoms with Gasteiger partial charge in [-0.3, -0.25) is 9.69 Å². The second-order valence-electron chi connectivity index (χ2n) is 9.84. The number of hydrogen-bond donors (Lipinski definition) is 3. The molecule has 3 saturated heterocycles. The maximum Gasteiger partial charge on any atom is 0.326 e. The molecule has 0 radical (unpaired) electrons. The number of amides is 3. The average molecular weight is 506 g/mol. The molecule has 2 aromatic carbocycles. The fourth-order valence-electron chi connectivity index (χ4n) is 5.77. The van der Waals surface area contributed by atoms with Gasteiger partial charge < -0.3 is 25.6 Å². The Kier molecular flexibility index (Phi) is 6.15. The zero-order chi connectivity index (χ0) is 24.8. The molecule has 3 amide bonds. The highest BCUT2D eigenvalue weighted by molar-refractivity contribution is 8.04. The van der Waals surface area contributed by atoms with Gasteiger partial charge in [0.2, 0.25) is 0 Å². The first-order valence-electron chi connectivity index (χ1n) is 12.6. The van der Waals surface area contributed by atoms with Crippen LogP contribution in [0.1, 0.15) is 18.4 Å². The van der Waals surface area contributed by atoms with E-state index in [1.54, 1.807) is 11.8 Å². The Morgan fingerprint density at radius 2 is 1.94 bits per heavy atom. The number of rotatable bonds is 5. The lowest BCUT2D eigenvalue weighted by Gasteiger charge is -2.46. The molecule has 4 atom stereocenters. The van der Waals surface area contributed by atoms with Crippen LogP contribution < -0.4 is 25.6 Å². The molecule has 36 heavy (non-hydrogen) atoms. The second kappa shape index (κ2) is 9.46. The van der Waals surface area contributed by atoms with Gasteiger partial charge >= 0.3 is 6.03 Å². The molecule has 6 rings (SSSR count). The molecule has 8 nitrogen and oxygen atoms in total. The highest BCUT2D eigenvalue weighted by Crippen LogP contribution is 2.49. The van der Waals surface area contributed by atoms with Crippen molar-refractivity contribution in [3.63, 3.8) is 0 Å². The molecule has 0 saturated carbocycles. The van der Waals surface area contributed by atoms with Crippen LogP contribution in [0.4, 0.5) is 10.5 Å². The molecular weight excluding hydrogens is 474 g/mol. The minimum atomic E-state index is -0.176. The van der Waals surface area contributed by atoms with Crippen molar-refractivity contribution in [2.45, 2.75) is 37.2 Å². The van der Waals surface area contributed by atoms with Gasteiger partial charge in [-0.2, -0.15) is 0 Å². The summed E-state index contributed by atoms with van der Waals surface area (Å²) in [5.74, 6) is 1.55. The first-order valence-corrected chi connectivity index (χ1v) is 13.4. The highest BCUT2D eigenvalue weighted by atomic mass is 32.2. The van der Waals surface area contributed by atoms with E-state index in [-0.39, 0.29) is 35.3 Å². The van der Waals surface area contributed by atoms with Gasteiger partial charge in [0, 0.05) is 36.9 Å². The smallest absolute Gasteiger partial charge is 0.326 e. The topological polar surface area (TPSA) is 85.9 Å². The first kappa shape index (κ1) is 23.4. The van der Waals surface area contributed by atoms with Gasteiger partial charge in [-0.05, 0) is 68.8 Å². The predicted molar refractivity (Wildman–Crippen MR) is 141 cm³/mol. The molecule has 3 N–H and O–H groups in total. The van der Waals surface area contributed by atoms with Gasteiger partial charge in [-0.1, -0.05) is 30.0 Å². The monoisotopic (exact) mass is 505 g/mol. The number of anilines is 1. The molecule has 0 aliphatic carbocycles. The van der Waals surface area contributed by atoms with Crippen molar-refractivity contribution in [1.82, 2.24) is 20.9 Å². The Labute approximate surface area is 215 Å². The zero-order valence-corrected chi connectivity index (χ0v) is 21.3. The minimum Gasteiger partial charge on any atom is -0.457 e. The number of para-hydroxylation sites is 1. The Hall–Kier alpha value is -3.01. The Bertz CT molecular complexity index is 1210. The van der Waals surface area contributed by atoms with Crippen LogP contribution in [0.5, 0.6) is 11.5 Å². The molecule has 3 fully saturated rings. The second-order valence-corrected chi connectivity index (χ2v) is 11.0. The third kappa shape index (κ3) is 4.05. The summed E-state index contributed by atoms with van der Waals surface area (Å²) in [5.41, 5.74) is 2.63. The molecule has 4 aliphatic rings. The molecule has 0 bridgehead atoms. The molecule has 4 aliphatic heterocycles. The summed E-state index contributed by atoms with van der Waals surface area (Å²) < 4.78 is 6.00. The summed E-state index contributed by atoms with van der Waals surface area (Å²) in [6, 6.07) is 15.5. The van der Waals surface area contributed by atoms with Crippen molar-refractivity contribution in [3.05, 3.63) is 64.7 Å². The SMILES string of the molecule is Cc1cc(Oc2ccccc2)ccc1N1C(=O)NC2=C(C(=O)N(C)[C@@H]3CCNC3)SC3NCCC1C23. The molecule has 188 valence electrons. The Morgan fingerprint density at radius 3 is 2.69 bits per heavy atom. The van der Waals surface area contributed by atoms with Crippen LogP contribution in [0.15, 0.2) is 59.1 Å². The number of carbonyl (C=O) groups excluding carboxylic acids is 2. The van der Waals surface area contributed by atoms with Crippen LogP contribution in [-0.2, 0) is 4.79 Å². The average Bonchev–Trinajstić information content (AvgIpc) is 3.54. The van der Waals surface area contributed by atoms with Crippen molar-refractivity contribution in [2.24, 2.45) is 5.92 Å². The number of nitrogens with one attached hydrogen (secondary N) is 3. The minimum absolute atomic E-state index is 0.00555. The lowest BCUT2D eigenvalue weighted by Crippen LogP contribution is -2.62. The Balaban J connectivity index is 1.28. The van der Waals surface area contributed by atoms with Crippen LogP contribution in [0, 0.1) is 12.8 Å². The van der Waals surface area contributed by atoms with Gasteiger partial charge in [0.15, 0.2) is 0 Å². The molecule has 4 heterocycles. The van der Waals surface area contributed by atoms with E-state index in [1.165, 1.54) is 0 Å². The summed E-state index contributed by atoms with van der Waals surface area (Å²) in [6.07, 6.45) is 1.77. The van der Waals surface area contributed by atoms with Gasteiger partial charge in [0.25, 0.3) is 5.91 Å². The van der Waals surface area contributed by atoms with E-state index >= 15 is 0 Å². The van der Waals surface area contributed by atoms with Crippen LogP contribution >= 0.6 is 11.8 Å². The van der Waals surface area contributed by atoms with Crippen molar-refractivity contribution in [1.29, 1.82) is 0 Å². The van der Waals surface area contributed by atoms with Gasteiger partial charge in [-0.15, -0.1) is 0 Å². The number of benzene rings is 2. The van der Waals surface area contributed by atoms with Crippen molar-refractivity contribution in [2.75, 3.05) is 31.6 Å². The number of hydrogen-bond acceptors (Lipinski definition) is 6. The van der Waals surface area contributed by atoms with Crippen molar-refractivity contribution < 1.29 is 14.3 Å². The normalized spacial score (nSPS) is 27.1. The molecule has 3 unspecified atom stereocenters. The molecule has 9 heteroatoms. The van der Waals surface area contributed by atoms with Crippen molar-refractivity contribution in [3.8, 4) is 11.5 Å². The van der Waals surface area contributed by atoms with E-state index in [4.69, 9.17) is 4.74 Å². The predicted octanol–water partition coefficient (Wildman–Crippen LogP) is 3.40. The van der Waals surface area contributed by atoms with E-state index in [1.807, 2.05) is 72.3 Å².